The number of nitrogen functional groups attached to an aromatic ring is 1. The average Bonchev–Trinajstić information content (AvgIpc) is 2.25. The number of carboxylic acid groups (broad SMARTS) is 1. The van der Waals surface area contributed by atoms with Crippen molar-refractivity contribution in [2.45, 2.75) is 6.92 Å². The van der Waals surface area contributed by atoms with E-state index < -0.39 is 5.97 Å². The number of carboxylic acids is 1. The second-order valence-electron chi connectivity index (χ2n) is 3.21. The number of hydrogen-bond acceptors (Lipinski definition) is 5. The number of thioether (sulfide) groups is 1. The molecule has 0 aliphatic carbocycles. The highest BCUT2D eigenvalue weighted by atomic mass is 32.2. The number of hydrogen-bond donors (Lipinski definition) is 2. The Balaban J connectivity index is 2.75. The maximum atomic E-state index is 10.8. The fraction of sp³-hybridized carbons (Fsp3) is 0.182. The Bertz CT molecular complexity index is 472. The van der Waals surface area contributed by atoms with Gasteiger partial charge in [0.05, 0.1) is 0 Å². The van der Waals surface area contributed by atoms with Crippen LogP contribution in [0.1, 0.15) is 22.8 Å². The third-order valence-electron chi connectivity index (χ3n) is 1.86. The number of anilines is 1. The van der Waals surface area contributed by atoms with E-state index in [-0.39, 0.29) is 16.5 Å². The zero-order valence-electron chi connectivity index (χ0n) is 9.21. The highest BCUT2D eigenvalue weighted by Crippen LogP contribution is 2.12. The lowest BCUT2D eigenvalue weighted by Gasteiger charge is -2.00. The first-order valence-corrected chi connectivity index (χ1v) is 5.78. The van der Waals surface area contributed by atoms with E-state index in [1.807, 2.05) is 0 Å². The molecular formula is C11H12N2O3S. The van der Waals surface area contributed by atoms with E-state index in [1.54, 1.807) is 12.2 Å². The molecule has 90 valence electrons. The zero-order chi connectivity index (χ0) is 12.8. The van der Waals surface area contributed by atoms with Crippen LogP contribution in [0.25, 0.3) is 6.08 Å². The Hall–Kier alpha value is -1.82. The van der Waals surface area contributed by atoms with Crippen LogP contribution in [-0.4, -0.2) is 26.9 Å². The molecule has 0 aromatic carbocycles. The Morgan fingerprint density at radius 3 is 2.88 bits per heavy atom. The van der Waals surface area contributed by atoms with Gasteiger partial charge in [-0.05, 0) is 11.6 Å². The summed E-state index contributed by atoms with van der Waals surface area (Å²) in [6, 6.07) is 1.44. The lowest BCUT2D eigenvalue weighted by molar-refractivity contribution is -0.109. The first-order chi connectivity index (χ1) is 8.00. The normalized spacial score (nSPS) is 10.6. The summed E-state index contributed by atoms with van der Waals surface area (Å²) in [5.41, 5.74) is 6.04. The van der Waals surface area contributed by atoms with Crippen LogP contribution in [0.3, 0.4) is 0 Å². The number of carbonyl (C=O) groups is 2. The minimum absolute atomic E-state index is 0.00670. The quantitative estimate of drug-likeness (QED) is 0.846. The summed E-state index contributed by atoms with van der Waals surface area (Å²) in [6.07, 6.45) is 4.95. The van der Waals surface area contributed by atoms with Crippen LogP contribution in [-0.2, 0) is 4.79 Å². The summed E-state index contributed by atoms with van der Waals surface area (Å²) in [4.78, 5) is 25.3. The minimum atomic E-state index is -1.11. The van der Waals surface area contributed by atoms with Crippen molar-refractivity contribution in [3.63, 3.8) is 0 Å². The smallest absolute Gasteiger partial charge is 0.339 e. The molecule has 6 heteroatoms. The maximum absolute atomic E-state index is 10.8. The summed E-state index contributed by atoms with van der Waals surface area (Å²) >= 11 is 1.18. The first-order valence-electron chi connectivity index (χ1n) is 4.79. The van der Waals surface area contributed by atoms with Gasteiger partial charge in [-0.2, -0.15) is 0 Å². The van der Waals surface area contributed by atoms with Crippen molar-refractivity contribution in [2.75, 3.05) is 11.5 Å². The van der Waals surface area contributed by atoms with E-state index in [9.17, 15) is 9.59 Å². The van der Waals surface area contributed by atoms with Gasteiger partial charge in [-0.3, -0.25) is 4.79 Å². The molecule has 0 atom stereocenters. The summed E-state index contributed by atoms with van der Waals surface area (Å²) in [6.45, 7) is 1.49. The molecular weight excluding hydrogens is 240 g/mol. The SMILES string of the molecule is CC(=O)SCC=Cc1cnc(N)c(C(=O)O)c1. The predicted molar refractivity (Wildman–Crippen MR) is 67.8 cm³/mol. The fourth-order valence-corrected chi connectivity index (χ4v) is 1.53. The summed E-state index contributed by atoms with van der Waals surface area (Å²) in [5.74, 6) is -0.571. The van der Waals surface area contributed by atoms with Gasteiger partial charge in [0.25, 0.3) is 0 Å². The lowest BCUT2D eigenvalue weighted by Crippen LogP contribution is -2.04. The van der Waals surface area contributed by atoms with Gasteiger partial charge in [0.1, 0.15) is 11.4 Å². The molecule has 0 saturated heterocycles. The fourth-order valence-electron chi connectivity index (χ4n) is 1.10. The van der Waals surface area contributed by atoms with Crippen LogP contribution in [0.5, 0.6) is 0 Å². The highest BCUT2D eigenvalue weighted by molar-refractivity contribution is 8.13. The predicted octanol–water partition coefficient (Wildman–Crippen LogP) is 1.65. The molecule has 0 aliphatic heterocycles. The molecule has 0 saturated carbocycles. The summed E-state index contributed by atoms with van der Waals surface area (Å²) in [7, 11) is 0. The second-order valence-corrected chi connectivity index (χ2v) is 4.41. The van der Waals surface area contributed by atoms with Crippen molar-refractivity contribution in [3.05, 3.63) is 29.5 Å². The van der Waals surface area contributed by atoms with E-state index in [0.717, 1.165) is 0 Å². The molecule has 3 N–H and O–H groups in total. The Kier molecular flexibility index (Phi) is 4.71. The van der Waals surface area contributed by atoms with Gasteiger partial charge in [-0.1, -0.05) is 23.9 Å². The van der Waals surface area contributed by atoms with Crippen LogP contribution in [0.15, 0.2) is 18.3 Å². The molecule has 0 unspecified atom stereocenters. The Morgan fingerprint density at radius 2 is 2.29 bits per heavy atom. The molecule has 0 amide bonds. The number of rotatable bonds is 4. The number of carbonyl (C=O) groups excluding carboxylic acids is 1. The lowest BCUT2D eigenvalue weighted by atomic mass is 10.2. The molecule has 1 heterocycles. The molecule has 0 fully saturated rings. The number of aromatic carboxylic acids is 1. The third-order valence-corrected chi connectivity index (χ3v) is 2.63. The molecule has 1 rings (SSSR count). The van der Waals surface area contributed by atoms with Crippen molar-refractivity contribution < 1.29 is 14.7 Å². The molecule has 1 aromatic heterocycles. The van der Waals surface area contributed by atoms with Crippen LogP contribution in [0, 0.1) is 0 Å². The van der Waals surface area contributed by atoms with Crippen molar-refractivity contribution in [2.24, 2.45) is 0 Å². The molecule has 5 nitrogen and oxygen atoms in total. The summed E-state index contributed by atoms with van der Waals surface area (Å²) < 4.78 is 0. The number of aromatic nitrogens is 1. The van der Waals surface area contributed by atoms with Crippen LogP contribution in [0.4, 0.5) is 5.82 Å². The highest BCUT2D eigenvalue weighted by Gasteiger charge is 2.08. The van der Waals surface area contributed by atoms with Gasteiger partial charge in [0.15, 0.2) is 5.12 Å². The third kappa shape index (κ3) is 4.28. The monoisotopic (exact) mass is 252 g/mol. The number of nitrogens with two attached hydrogens (primary N) is 1. The van der Waals surface area contributed by atoms with Gasteiger partial charge in [-0.25, -0.2) is 9.78 Å². The van der Waals surface area contributed by atoms with E-state index in [1.165, 1.54) is 30.9 Å². The van der Waals surface area contributed by atoms with Crippen molar-refractivity contribution in [3.8, 4) is 0 Å². The molecule has 0 bridgehead atoms. The Labute approximate surface area is 103 Å². The van der Waals surface area contributed by atoms with E-state index >= 15 is 0 Å². The number of nitrogens with zero attached hydrogens (tertiary/aromatic N) is 1. The molecule has 17 heavy (non-hydrogen) atoms. The van der Waals surface area contributed by atoms with Crippen LogP contribution >= 0.6 is 11.8 Å². The van der Waals surface area contributed by atoms with E-state index in [0.29, 0.717) is 11.3 Å². The van der Waals surface area contributed by atoms with Gasteiger partial charge >= 0.3 is 5.97 Å². The van der Waals surface area contributed by atoms with Gasteiger partial charge < -0.3 is 10.8 Å². The summed E-state index contributed by atoms with van der Waals surface area (Å²) in [5, 5.41) is 8.88. The largest absolute Gasteiger partial charge is 0.478 e. The second kappa shape index (κ2) is 6.05. The van der Waals surface area contributed by atoms with Gasteiger partial charge in [0, 0.05) is 18.9 Å². The van der Waals surface area contributed by atoms with Gasteiger partial charge in [-0.15, -0.1) is 0 Å². The van der Waals surface area contributed by atoms with E-state index in [2.05, 4.69) is 4.98 Å². The topological polar surface area (TPSA) is 93.3 Å². The standard InChI is InChI=1S/C11H12N2O3S/c1-7(14)17-4-2-3-8-5-9(11(15)16)10(12)13-6-8/h2-3,5-6H,4H2,1H3,(H2,12,13)(H,15,16). The Morgan fingerprint density at radius 1 is 1.59 bits per heavy atom. The molecule has 0 aliphatic rings. The maximum Gasteiger partial charge on any atom is 0.339 e. The van der Waals surface area contributed by atoms with Crippen LogP contribution < -0.4 is 5.73 Å². The van der Waals surface area contributed by atoms with Gasteiger partial charge in [0.2, 0.25) is 0 Å². The van der Waals surface area contributed by atoms with Crippen molar-refractivity contribution in [1.29, 1.82) is 0 Å². The number of pyridine rings is 1. The zero-order valence-corrected chi connectivity index (χ0v) is 10.0. The average molecular weight is 252 g/mol. The minimum Gasteiger partial charge on any atom is -0.478 e. The van der Waals surface area contributed by atoms with Crippen molar-refractivity contribution >= 4 is 34.7 Å². The first kappa shape index (κ1) is 13.2. The van der Waals surface area contributed by atoms with Crippen LogP contribution in [0.2, 0.25) is 0 Å². The molecule has 1 aromatic rings. The molecule has 0 radical (unpaired) electrons. The van der Waals surface area contributed by atoms with Crippen molar-refractivity contribution in [1.82, 2.24) is 4.98 Å². The van der Waals surface area contributed by atoms with E-state index in [4.69, 9.17) is 10.8 Å². The molecule has 0 spiro atoms.